The summed E-state index contributed by atoms with van der Waals surface area (Å²) in [7, 11) is 2.06. The van der Waals surface area contributed by atoms with Crippen molar-refractivity contribution in [3.8, 4) is 0 Å². The number of para-hydroxylation sites is 1. The second kappa shape index (κ2) is 6.87. The van der Waals surface area contributed by atoms with E-state index < -0.39 is 11.7 Å². The number of likely N-dealkylation sites (N-methyl/N-ethyl adjacent to an activating group) is 1. The third-order valence-electron chi connectivity index (χ3n) is 4.15. The van der Waals surface area contributed by atoms with Crippen LogP contribution in [-0.2, 0) is 6.18 Å². The molecule has 1 aliphatic rings. The van der Waals surface area contributed by atoms with Gasteiger partial charge in [-0.25, -0.2) is 4.98 Å². The molecule has 0 aliphatic carbocycles. The van der Waals surface area contributed by atoms with Crippen molar-refractivity contribution in [3.63, 3.8) is 0 Å². The van der Waals surface area contributed by atoms with Gasteiger partial charge in [0.25, 0.3) is 0 Å². The highest BCUT2D eigenvalue weighted by atomic mass is 19.4. The van der Waals surface area contributed by atoms with E-state index in [0.29, 0.717) is 5.69 Å². The Morgan fingerprint density at radius 2 is 1.72 bits per heavy atom. The number of aromatic nitrogens is 2. The Morgan fingerprint density at radius 1 is 1.04 bits per heavy atom. The van der Waals surface area contributed by atoms with E-state index in [0.717, 1.165) is 38.1 Å². The number of piperazine rings is 1. The standard InChI is InChI=1S/C17H20F3N5/c1-12-11-15(25-9-7-24(2)8-10-25)23-16(21-12)22-14-6-4-3-5-13(14)17(18,19)20/h3-6,11H,7-10H2,1-2H3,(H,21,22,23). The average Bonchev–Trinajstić information content (AvgIpc) is 2.54. The third kappa shape index (κ3) is 4.19. The molecule has 2 heterocycles. The number of alkyl halides is 3. The van der Waals surface area contributed by atoms with E-state index in [-0.39, 0.29) is 11.6 Å². The first-order valence-corrected chi connectivity index (χ1v) is 8.05. The zero-order chi connectivity index (χ0) is 18.0. The predicted molar refractivity (Wildman–Crippen MR) is 91.2 cm³/mol. The smallest absolute Gasteiger partial charge is 0.354 e. The first-order valence-electron chi connectivity index (χ1n) is 8.05. The summed E-state index contributed by atoms with van der Waals surface area (Å²) in [6.45, 7) is 5.30. The molecule has 1 aromatic carbocycles. The van der Waals surface area contributed by atoms with Crippen LogP contribution in [0.3, 0.4) is 0 Å². The van der Waals surface area contributed by atoms with E-state index in [1.54, 1.807) is 6.07 Å². The number of nitrogens with one attached hydrogen (secondary N) is 1. The second-order valence-electron chi connectivity index (χ2n) is 6.15. The summed E-state index contributed by atoms with van der Waals surface area (Å²) in [6, 6.07) is 7.19. The first kappa shape index (κ1) is 17.5. The number of rotatable bonds is 3. The summed E-state index contributed by atoms with van der Waals surface area (Å²) in [4.78, 5) is 13.0. The lowest BCUT2D eigenvalue weighted by Gasteiger charge is -2.33. The van der Waals surface area contributed by atoms with Crippen molar-refractivity contribution < 1.29 is 13.2 Å². The van der Waals surface area contributed by atoms with Gasteiger partial charge in [0, 0.05) is 37.9 Å². The fraction of sp³-hybridized carbons (Fsp3) is 0.412. The molecule has 3 rings (SSSR count). The van der Waals surface area contributed by atoms with Crippen molar-refractivity contribution in [2.75, 3.05) is 43.4 Å². The fourth-order valence-corrected chi connectivity index (χ4v) is 2.77. The Bertz CT molecular complexity index is 739. The Balaban J connectivity index is 1.87. The van der Waals surface area contributed by atoms with Gasteiger partial charge < -0.3 is 15.1 Å². The third-order valence-corrected chi connectivity index (χ3v) is 4.15. The average molecular weight is 351 g/mol. The molecule has 0 unspecified atom stereocenters. The van der Waals surface area contributed by atoms with E-state index in [4.69, 9.17) is 0 Å². The molecule has 1 aliphatic heterocycles. The highest BCUT2D eigenvalue weighted by Crippen LogP contribution is 2.35. The monoisotopic (exact) mass is 351 g/mol. The van der Waals surface area contributed by atoms with Crippen LogP contribution in [0, 0.1) is 6.92 Å². The highest BCUT2D eigenvalue weighted by Gasteiger charge is 2.33. The van der Waals surface area contributed by atoms with Gasteiger partial charge >= 0.3 is 6.18 Å². The van der Waals surface area contributed by atoms with Crippen LogP contribution in [0.2, 0.25) is 0 Å². The number of aryl methyl sites for hydroxylation is 1. The van der Waals surface area contributed by atoms with Crippen LogP contribution in [0.25, 0.3) is 0 Å². The van der Waals surface area contributed by atoms with Crippen molar-refractivity contribution in [2.45, 2.75) is 13.1 Å². The van der Waals surface area contributed by atoms with Crippen LogP contribution in [0.4, 0.5) is 30.6 Å². The largest absolute Gasteiger partial charge is 0.418 e. The van der Waals surface area contributed by atoms with E-state index in [9.17, 15) is 13.2 Å². The topological polar surface area (TPSA) is 44.3 Å². The maximum Gasteiger partial charge on any atom is 0.418 e. The van der Waals surface area contributed by atoms with E-state index >= 15 is 0 Å². The fourth-order valence-electron chi connectivity index (χ4n) is 2.77. The highest BCUT2D eigenvalue weighted by molar-refractivity contribution is 5.60. The Morgan fingerprint density at radius 3 is 2.40 bits per heavy atom. The molecule has 0 spiro atoms. The van der Waals surface area contributed by atoms with Gasteiger partial charge in [0.1, 0.15) is 5.82 Å². The van der Waals surface area contributed by atoms with Crippen molar-refractivity contribution in [1.29, 1.82) is 0 Å². The first-order chi connectivity index (χ1) is 11.8. The molecule has 8 heteroatoms. The molecule has 0 amide bonds. The molecule has 25 heavy (non-hydrogen) atoms. The predicted octanol–water partition coefficient (Wildman–Crippen LogP) is 3.30. The van der Waals surface area contributed by atoms with Crippen molar-refractivity contribution in [1.82, 2.24) is 14.9 Å². The quantitative estimate of drug-likeness (QED) is 0.919. The minimum atomic E-state index is -4.44. The molecule has 0 saturated carbocycles. The molecule has 2 aromatic rings. The van der Waals surface area contributed by atoms with Gasteiger partial charge in [-0.05, 0) is 26.1 Å². The lowest BCUT2D eigenvalue weighted by Crippen LogP contribution is -2.44. The maximum absolute atomic E-state index is 13.1. The summed E-state index contributed by atoms with van der Waals surface area (Å²) in [5.74, 6) is 0.901. The van der Waals surface area contributed by atoms with Gasteiger partial charge in [-0.15, -0.1) is 0 Å². The summed E-state index contributed by atoms with van der Waals surface area (Å²) in [5, 5.41) is 2.73. The van der Waals surface area contributed by atoms with Crippen LogP contribution < -0.4 is 10.2 Å². The lowest BCUT2D eigenvalue weighted by molar-refractivity contribution is -0.136. The van der Waals surface area contributed by atoms with E-state index in [2.05, 4.69) is 32.1 Å². The SMILES string of the molecule is Cc1cc(N2CCN(C)CC2)nc(Nc2ccccc2C(F)(F)F)n1. The van der Waals surface area contributed by atoms with Crippen LogP contribution in [0.5, 0.6) is 0 Å². The van der Waals surface area contributed by atoms with Crippen LogP contribution in [-0.4, -0.2) is 48.1 Å². The molecule has 5 nitrogen and oxygen atoms in total. The number of anilines is 3. The van der Waals surface area contributed by atoms with Gasteiger partial charge in [0.05, 0.1) is 11.3 Å². The second-order valence-corrected chi connectivity index (χ2v) is 6.15. The molecular weight excluding hydrogens is 331 g/mol. The summed E-state index contributed by atoms with van der Waals surface area (Å²) >= 11 is 0. The Labute approximate surface area is 144 Å². The number of hydrogen-bond acceptors (Lipinski definition) is 5. The maximum atomic E-state index is 13.1. The zero-order valence-electron chi connectivity index (χ0n) is 14.1. The summed E-state index contributed by atoms with van der Waals surface area (Å²) in [6.07, 6.45) is -4.44. The lowest BCUT2D eigenvalue weighted by atomic mass is 10.1. The van der Waals surface area contributed by atoms with Gasteiger partial charge in [0.2, 0.25) is 5.95 Å². The van der Waals surface area contributed by atoms with Gasteiger partial charge in [0.15, 0.2) is 0 Å². The summed E-state index contributed by atoms with van der Waals surface area (Å²) in [5.41, 5.74) is -0.0814. The van der Waals surface area contributed by atoms with Gasteiger partial charge in [-0.2, -0.15) is 18.2 Å². The van der Waals surface area contributed by atoms with Gasteiger partial charge in [-0.1, -0.05) is 12.1 Å². The Kier molecular flexibility index (Phi) is 4.80. The molecule has 1 N–H and O–H groups in total. The van der Waals surface area contributed by atoms with Crippen molar-refractivity contribution in [2.24, 2.45) is 0 Å². The number of halogens is 3. The molecule has 1 aromatic heterocycles. The molecular formula is C17H20F3N5. The van der Waals surface area contributed by atoms with Crippen molar-refractivity contribution in [3.05, 3.63) is 41.6 Å². The minimum Gasteiger partial charge on any atom is -0.354 e. The summed E-state index contributed by atoms with van der Waals surface area (Å²) < 4.78 is 39.4. The Hall–Kier alpha value is -2.35. The molecule has 1 fully saturated rings. The zero-order valence-corrected chi connectivity index (χ0v) is 14.1. The van der Waals surface area contributed by atoms with Crippen LogP contribution in [0.1, 0.15) is 11.3 Å². The van der Waals surface area contributed by atoms with Crippen molar-refractivity contribution >= 4 is 17.5 Å². The number of benzene rings is 1. The molecule has 134 valence electrons. The molecule has 1 saturated heterocycles. The van der Waals surface area contributed by atoms with E-state index in [1.807, 2.05) is 13.0 Å². The normalized spacial score (nSPS) is 16.1. The molecule has 0 radical (unpaired) electrons. The molecule has 0 atom stereocenters. The van der Waals surface area contributed by atoms with Gasteiger partial charge in [-0.3, -0.25) is 0 Å². The minimum absolute atomic E-state index is 0.0510. The number of hydrogen-bond donors (Lipinski definition) is 1. The van der Waals surface area contributed by atoms with E-state index in [1.165, 1.54) is 12.1 Å². The van der Waals surface area contributed by atoms with Crippen LogP contribution >= 0.6 is 0 Å². The number of nitrogens with zero attached hydrogens (tertiary/aromatic N) is 4. The molecule has 0 bridgehead atoms. The van der Waals surface area contributed by atoms with Crippen LogP contribution in [0.15, 0.2) is 30.3 Å².